The molecule has 3 saturated heterocycles. The fourth-order valence-corrected chi connectivity index (χ4v) is 7.47. The lowest BCUT2D eigenvalue weighted by Crippen LogP contribution is -2.68. The van der Waals surface area contributed by atoms with Crippen LogP contribution >= 0.6 is 39.0 Å². The van der Waals surface area contributed by atoms with E-state index in [1.165, 1.54) is 35.2 Å². The molecule has 0 saturated carbocycles. The van der Waals surface area contributed by atoms with Crippen LogP contribution in [0.1, 0.15) is 42.2 Å². The Morgan fingerprint density at radius 2 is 1.83 bits per heavy atom. The number of carboxylic acids is 1. The van der Waals surface area contributed by atoms with E-state index in [9.17, 15) is 32.3 Å². The number of quaternary nitrogens is 1. The zero-order valence-corrected chi connectivity index (χ0v) is 25.7. The standard InChI is InChI=1S/C25H30BrFN2O3S2.C2HF3O2/c1-16-14-19(4-5-20(16)27)25(32,22-6-7-23(26)34-22)24(31)28-21-15-29(10-3-13-33-17(2)30)11-8-18(21)9-12-29;3-2(4,5)1(6)7/h4-7,14,18,21,32H,3,8-13,15H2,1-2H3;(H,6,7)/t18?,21-,25?,29?;/m0./s1. The van der Waals surface area contributed by atoms with E-state index in [-0.39, 0.29) is 17.0 Å². The third-order valence-corrected chi connectivity index (χ3v) is 10.2. The Labute approximate surface area is 252 Å². The number of carbonyl (C=O) groups is 3. The second-order valence-corrected chi connectivity index (χ2v) is 14.1. The summed E-state index contributed by atoms with van der Waals surface area (Å²) < 4.78 is 47.3. The number of benzene rings is 1. The second-order valence-electron chi connectivity index (χ2n) is 10.4. The Hall–Kier alpha value is -2.00. The van der Waals surface area contributed by atoms with E-state index in [2.05, 4.69) is 21.2 Å². The molecule has 226 valence electrons. The van der Waals surface area contributed by atoms with E-state index in [4.69, 9.17) is 9.90 Å². The van der Waals surface area contributed by atoms with Crippen molar-refractivity contribution in [2.45, 2.75) is 50.9 Å². The Kier molecular flexibility index (Phi) is 11.1. The zero-order chi connectivity index (χ0) is 30.6. The fourth-order valence-electron chi connectivity index (χ4n) is 5.42. The number of hydrogen-bond donors (Lipinski definition) is 2. The summed E-state index contributed by atoms with van der Waals surface area (Å²) in [5, 5.41) is 24.0. The van der Waals surface area contributed by atoms with Gasteiger partial charge in [0.05, 0.1) is 40.9 Å². The highest BCUT2D eigenvalue weighted by molar-refractivity contribution is 9.11. The molecule has 1 aromatic heterocycles. The van der Waals surface area contributed by atoms with Crippen molar-refractivity contribution in [1.82, 2.24) is 5.32 Å². The van der Waals surface area contributed by atoms with Crippen LogP contribution in [0.5, 0.6) is 0 Å². The first-order valence-corrected chi connectivity index (χ1v) is 15.5. The first-order valence-electron chi connectivity index (χ1n) is 12.9. The summed E-state index contributed by atoms with van der Waals surface area (Å²) >= 11 is 6.11. The Bertz CT molecular complexity index is 1270. The molecule has 2 atom stereocenters. The number of amides is 1. The molecule has 41 heavy (non-hydrogen) atoms. The number of aryl methyl sites for hydroxylation is 1. The molecule has 3 aliphatic heterocycles. The number of nitrogens with zero attached hydrogens (tertiary/aromatic N) is 1. The monoisotopic (exact) mass is 682 g/mol. The number of rotatable bonds is 8. The average molecular weight is 684 g/mol. The molecule has 1 aromatic carbocycles. The number of aliphatic hydroxyl groups is 1. The maximum Gasteiger partial charge on any atom is 0.430 e. The highest BCUT2D eigenvalue weighted by Crippen LogP contribution is 2.39. The van der Waals surface area contributed by atoms with Gasteiger partial charge in [-0.2, -0.15) is 13.2 Å². The minimum atomic E-state index is -5.19. The Morgan fingerprint density at radius 3 is 2.34 bits per heavy atom. The van der Waals surface area contributed by atoms with Crippen LogP contribution in [-0.4, -0.2) is 70.7 Å². The maximum absolute atomic E-state index is 14.0. The number of thiophene rings is 1. The van der Waals surface area contributed by atoms with E-state index in [1.807, 2.05) is 6.07 Å². The molecule has 3 fully saturated rings. The molecule has 2 N–H and O–H groups in total. The summed E-state index contributed by atoms with van der Waals surface area (Å²) in [5.41, 5.74) is -1.15. The third kappa shape index (κ3) is 8.31. The molecular formula is C27H31BrF4N2O5S2. The van der Waals surface area contributed by atoms with Gasteiger partial charge in [0.1, 0.15) is 11.8 Å². The normalized spacial score (nSPS) is 23.2. The lowest BCUT2D eigenvalue weighted by molar-refractivity contribution is -0.943. The van der Waals surface area contributed by atoms with Crippen molar-refractivity contribution in [2.75, 3.05) is 31.9 Å². The van der Waals surface area contributed by atoms with Crippen LogP contribution in [0.25, 0.3) is 0 Å². The fraction of sp³-hybridized carbons (Fsp3) is 0.519. The number of thioether (sulfide) groups is 1. The average Bonchev–Trinajstić information content (AvgIpc) is 3.35. The third-order valence-electron chi connectivity index (χ3n) is 7.57. The van der Waals surface area contributed by atoms with Crippen molar-refractivity contribution in [3.05, 3.63) is 55.9 Å². The lowest BCUT2D eigenvalue weighted by Gasteiger charge is -2.53. The number of carboxylic acid groups (broad SMARTS) is 1. The van der Waals surface area contributed by atoms with Crippen LogP contribution in [0, 0.1) is 18.7 Å². The van der Waals surface area contributed by atoms with Gasteiger partial charge in [-0.05, 0) is 64.2 Å². The van der Waals surface area contributed by atoms with E-state index in [0.717, 1.165) is 59.5 Å². The molecule has 2 aromatic rings. The van der Waals surface area contributed by atoms with Gasteiger partial charge in [0, 0.05) is 31.9 Å². The topological polar surface area (TPSA) is 107 Å². The number of fused-ring (bicyclic) bond motifs is 3. The second kappa shape index (κ2) is 13.5. The van der Waals surface area contributed by atoms with Crippen LogP contribution in [0.4, 0.5) is 17.6 Å². The van der Waals surface area contributed by atoms with Crippen molar-refractivity contribution in [1.29, 1.82) is 0 Å². The first kappa shape index (κ1) is 33.5. The molecule has 0 radical (unpaired) electrons. The van der Waals surface area contributed by atoms with E-state index < -0.39 is 23.7 Å². The summed E-state index contributed by atoms with van der Waals surface area (Å²) in [6.45, 7) is 7.27. The van der Waals surface area contributed by atoms with Gasteiger partial charge in [-0.1, -0.05) is 17.8 Å². The van der Waals surface area contributed by atoms with Gasteiger partial charge >= 0.3 is 6.18 Å². The SMILES string of the molecule is CC(=O)SCCC[N+]12CCC(CC1)[C@@H](NC(=O)C(O)(c1ccc(F)c(C)c1)c1ccc(Br)s1)C2.O=C([O-])C(F)(F)F. The van der Waals surface area contributed by atoms with E-state index in [1.54, 1.807) is 26.0 Å². The summed E-state index contributed by atoms with van der Waals surface area (Å²) in [5.74, 6) is -2.62. The molecule has 0 aliphatic carbocycles. The van der Waals surface area contributed by atoms with Crippen molar-refractivity contribution < 1.29 is 46.6 Å². The molecular weight excluding hydrogens is 652 g/mol. The van der Waals surface area contributed by atoms with Crippen LogP contribution in [0.2, 0.25) is 0 Å². The van der Waals surface area contributed by atoms with Gasteiger partial charge in [-0.25, -0.2) is 4.39 Å². The summed E-state index contributed by atoms with van der Waals surface area (Å²) in [4.78, 5) is 34.3. The smallest absolute Gasteiger partial charge is 0.430 e. The predicted molar refractivity (Wildman–Crippen MR) is 149 cm³/mol. The van der Waals surface area contributed by atoms with Gasteiger partial charge in [-0.15, -0.1) is 11.3 Å². The number of hydrogen-bond acceptors (Lipinski definition) is 7. The summed E-state index contributed by atoms with van der Waals surface area (Å²) in [7, 11) is 0. The zero-order valence-electron chi connectivity index (χ0n) is 22.4. The van der Waals surface area contributed by atoms with E-state index >= 15 is 0 Å². The van der Waals surface area contributed by atoms with Crippen molar-refractivity contribution in [3.63, 3.8) is 0 Å². The minimum Gasteiger partial charge on any atom is -0.542 e. The molecule has 4 heterocycles. The maximum atomic E-state index is 14.0. The Balaban J connectivity index is 0.000000587. The molecule has 1 amide bonds. The quantitative estimate of drug-likeness (QED) is 0.249. The number of halogens is 5. The molecule has 1 unspecified atom stereocenters. The largest absolute Gasteiger partial charge is 0.542 e. The summed E-state index contributed by atoms with van der Waals surface area (Å²) in [6.07, 6.45) is -2.13. The van der Waals surface area contributed by atoms with Crippen LogP contribution in [-0.2, 0) is 20.0 Å². The molecule has 2 bridgehead atoms. The number of aliphatic carboxylic acids is 1. The lowest BCUT2D eigenvalue weighted by atomic mass is 9.80. The van der Waals surface area contributed by atoms with Gasteiger partial charge in [-0.3, -0.25) is 9.59 Å². The van der Waals surface area contributed by atoms with Gasteiger partial charge in [0.25, 0.3) is 5.91 Å². The molecule has 5 rings (SSSR count). The Morgan fingerprint density at radius 1 is 1.20 bits per heavy atom. The van der Waals surface area contributed by atoms with Gasteiger partial charge in [0.2, 0.25) is 5.60 Å². The molecule has 0 spiro atoms. The van der Waals surface area contributed by atoms with Crippen molar-refractivity contribution >= 4 is 56.0 Å². The highest BCUT2D eigenvalue weighted by Gasteiger charge is 2.49. The van der Waals surface area contributed by atoms with Gasteiger partial charge < -0.3 is 24.8 Å². The predicted octanol–water partition coefficient (Wildman–Crippen LogP) is 3.89. The van der Waals surface area contributed by atoms with E-state index in [0.29, 0.717) is 21.9 Å². The van der Waals surface area contributed by atoms with Crippen LogP contribution < -0.4 is 10.4 Å². The molecule has 3 aliphatic rings. The van der Waals surface area contributed by atoms with Crippen LogP contribution in [0.3, 0.4) is 0 Å². The number of carbonyl (C=O) groups excluding carboxylic acids is 3. The highest BCUT2D eigenvalue weighted by atomic mass is 79.9. The first-order chi connectivity index (χ1) is 19.1. The van der Waals surface area contributed by atoms with Gasteiger partial charge in [0.15, 0.2) is 5.12 Å². The van der Waals surface area contributed by atoms with Crippen molar-refractivity contribution in [2.24, 2.45) is 5.92 Å². The summed E-state index contributed by atoms with van der Waals surface area (Å²) in [6, 6.07) is 7.88. The van der Waals surface area contributed by atoms with Crippen LogP contribution in [0.15, 0.2) is 34.1 Å². The minimum absolute atomic E-state index is 0.0214. The molecule has 14 heteroatoms. The molecule has 7 nitrogen and oxygen atoms in total. The van der Waals surface area contributed by atoms with Crippen molar-refractivity contribution in [3.8, 4) is 0 Å². The number of nitrogens with one attached hydrogen (secondary N) is 1. The number of piperidine rings is 3. The number of alkyl halides is 3.